The summed E-state index contributed by atoms with van der Waals surface area (Å²) in [6, 6.07) is 16.5. The zero-order valence-electron chi connectivity index (χ0n) is 19.8. The fourth-order valence-electron chi connectivity index (χ4n) is 4.76. The Morgan fingerprint density at radius 3 is 2.54 bits per heavy atom. The Balaban J connectivity index is 1.21. The minimum absolute atomic E-state index is 0.0304. The molecule has 5 rings (SSSR count). The van der Waals surface area contributed by atoms with Crippen molar-refractivity contribution in [3.05, 3.63) is 101 Å². The summed E-state index contributed by atoms with van der Waals surface area (Å²) in [6.07, 6.45) is 11.3. The van der Waals surface area contributed by atoms with Gasteiger partial charge in [-0.05, 0) is 48.4 Å². The van der Waals surface area contributed by atoms with E-state index < -0.39 is 0 Å². The van der Waals surface area contributed by atoms with Crippen molar-refractivity contribution in [3.63, 3.8) is 0 Å². The molecule has 7 heteroatoms. The lowest BCUT2D eigenvalue weighted by molar-refractivity contribution is -0.126. The first-order chi connectivity index (χ1) is 17.2. The molecule has 0 aliphatic carbocycles. The predicted octanol–water partition coefficient (Wildman–Crippen LogP) is 4.75. The van der Waals surface area contributed by atoms with E-state index in [2.05, 4.69) is 39.3 Å². The highest BCUT2D eigenvalue weighted by Gasteiger charge is 2.37. The average Bonchev–Trinajstić information content (AvgIpc) is 3.20. The van der Waals surface area contributed by atoms with E-state index in [0.29, 0.717) is 11.4 Å². The van der Waals surface area contributed by atoms with Crippen LogP contribution in [-0.4, -0.2) is 71.5 Å². The standard InChI is InChI=1S/C28H31FN4OS/c29-25-12-7-11-24(22-25)28-33(27(34)26(35-28)21-23-9-3-1-4-10-23)16-8-13-30-17-19-32(20-18-30)31-14-5-2-6-15-31/h1-7,9-12,14,21-22,28H,8,13,15-20H2/b26-21+. The zero-order valence-corrected chi connectivity index (χ0v) is 20.6. The Hall–Kier alpha value is -2.87. The van der Waals surface area contributed by atoms with Crippen molar-refractivity contribution in [3.8, 4) is 0 Å². The number of hydrogen-bond donors (Lipinski definition) is 0. The summed E-state index contributed by atoms with van der Waals surface area (Å²) in [4.78, 5) is 18.5. The van der Waals surface area contributed by atoms with Gasteiger partial charge < -0.3 is 14.8 Å². The highest BCUT2D eigenvalue weighted by molar-refractivity contribution is 8.04. The fraction of sp³-hybridized carbons (Fsp3) is 0.321. The van der Waals surface area contributed by atoms with Crippen molar-refractivity contribution in [2.45, 2.75) is 11.8 Å². The molecule has 1 unspecified atom stereocenters. The zero-order chi connectivity index (χ0) is 24.0. The lowest BCUT2D eigenvalue weighted by Gasteiger charge is -2.41. The first kappa shape index (κ1) is 23.9. The van der Waals surface area contributed by atoms with Crippen LogP contribution in [0.2, 0.25) is 0 Å². The fourth-order valence-corrected chi connectivity index (χ4v) is 6.03. The largest absolute Gasteiger partial charge is 0.322 e. The summed E-state index contributed by atoms with van der Waals surface area (Å²) in [5, 5.41) is 4.48. The first-order valence-corrected chi connectivity index (χ1v) is 13.1. The van der Waals surface area contributed by atoms with Crippen molar-refractivity contribution in [1.29, 1.82) is 0 Å². The van der Waals surface area contributed by atoms with Crippen LogP contribution in [0.25, 0.3) is 6.08 Å². The summed E-state index contributed by atoms with van der Waals surface area (Å²) in [6.45, 7) is 6.59. The van der Waals surface area contributed by atoms with Crippen molar-refractivity contribution < 1.29 is 9.18 Å². The van der Waals surface area contributed by atoms with Gasteiger partial charge in [0.05, 0.1) is 11.4 Å². The van der Waals surface area contributed by atoms with Gasteiger partial charge in [-0.15, -0.1) is 0 Å². The molecule has 0 radical (unpaired) electrons. The third-order valence-electron chi connectivity index (χ3n) is 6.61. The number of piperazine rings is 1. The smallest absolute Gasteiger partial charge is 0.261 e. The minimum Gasteiger partial charge on any atom is -0.322 e. The molecular formula is C28H31FN4OS. The van der Waals surface area contributed by atoms with E-state index in [0.717, 1.165) is 56.8 Å². The van der Waals surface area contributed by atoms with Gasteiger partial charge >= 0.3 is 0 Å². The maximum atomic E-state index is 14.0. The topological polar surface area (TPSA) is 30.0 Å². The van der Waals surface area contributed by atoms with Crippen LogP contribution >= 0.6 is 11.8 Å². The third kappa shape index (κ3) is 5.86. The molecular weight excluding hydrogens is 459 g/mol. The number of hydrazine groups is 1. The molecule has 0 N–H and O–H groups in total. The van der Waals surface area contributed by atoms with Crippen LogP contribution in [0.1, 0.15) is 22.9 Å². The third-order valence-corrected chi connectivity index (χ3v) is 7.90. The normalized spacial score (nSPS) is 22.5. The molecule has 2 fully saturated rings. The SMILES string of the molecule is O=C1/C(=C\c2ccccc2)SC(c2cccc(F)c2)N1CCCN1CCN(N2C=CC=CC2)CC1. The van der Waals surface area contributed by atoms with Crippen LogP contribution in [0.4, 0.5) is 4.39 Å². The molecule has 3 heterocycles. The second kappa shape index (κ2) is 11.2. The predicted molar refractivity (Wildman–Crippen MR) is 140 cm³/mol. The Morgan fingerprint density at radius 2 is 1.80 bits per heavy atom. The van der Waals surface area contributed by atoms with Crippen LogP contribution < -0.4 is 0 Å². The lowest BCUT2D eigenvalue weighted by atomic mass is 10.1. The van der Waals surface area contributed by atoms with E-state index in [1.165, 1.54) is 17.8 Å². The van der Waals surface area contributed by atoms with Gasteiger partial charge in [0.25, 0.3) is 5.91 Å². The van der Waals surface area contributed by atoms with Crippen molar-refractivity contribution in [2.24, 2.45) is 0 Å². The monoisotopic (exact) mass is 490 g/mol. The van der Waals surface area contributed by atoms with Gasteiger partial charge in [-0.1, -0.05) is 66.4 Å². The van der Waals surface area contributed by atoms with Gasteiger partial charge in [-0.25, -0.2) is 9.40 Å². The van der Waals surface area contributed by atoms with Gasteiger partial charge in [0, 0.05) is 38.9 Å². The van der Waals surface area contributed by atoms with Crippen LogP contribution in [-0.2, 0) is 4.79 Å². The number of thioether (sulfide) groups is 1. The minimum atomic E-state index is -0.270. The van der Waals surface area contributed by atoms with Crippen molar-refractivity contribution in [1.82, 2.24) is 19.8 Å². The van der Waals surface area contributed by atoms with Gasteiger partial charge in [-0.3, -0.25) is 4.79 Å². The number of hydrogen-bond acceptors (Lipinski definition) is 5. The van der Waals surface area contributed by atoms with Gasteiger partial charge in [0.1, 0.15) is 11.2 Å². The molecule has 3 aliphatic heterocycles. The van der Waals surface area contributed by atoms with Crippen LogP contribution in [0, 0.1) is 5.82 Å². The number of carbonyl (C=O) groups excluding carboxylic acids is 1. The molecule has 0 bridgehead atoms. The summed E-state index contributed by atoms with van der Waals surface area (Å²) in [5.74, 6) is -0.240. The summed E-state index contributed by atoms with van der Waals surface area (Å²) >= 11 is 1.52. The summed E-state index contributed by atoms with van der Waals surface area (Å²) in [7, 11) is 0. The number of benzene rings is 2. The van der Waals surface area contributed by atoms with E-state index in [-0.39, 0.29) is 17.1 Å². The molecule has 2 aromatic rings. The molecule has 0 spiro atoms. The second-order valence-electron chi connectivity index (χ2n) is 8.98. The van der Waals surface area contributed by atoms with Gasteiger partial charge in [0.15, 0.2) is 0 Å². The van der Waals surface area contributed by atoms with Crippen LogP contribution in [0.5, 0.6) is 0 Å². The number of halogens is 1. The first-order valence-electron chi connectivity index (χ1n) is 12.2. The highest BCUT2D eigenvalue weighted by Crippen LogP contribution is 2.46. The highest BCUT2D eigenvalue weighted by atomic mass is 32.2. The van der Waals surface area contributed by atoms with Gasteiger partial charge in [-0.2, -0.15) is 0 Å². The molecule has 2 aromatic carbocycles. The number of allylic oxidation sites excluding steroid dienone is 2. The molecule has 1 atom stereocenters. The molecule has 0 saturated carbocycles. The quantitative estimate of drug-likeness (QED) is 0.523. The Morgan fingerprint density at radius 1 is 0.971 bits per heavy atom. The molecule has 1 amide bonds. The molecule has 3 aliphatic rings. The van der Waals surface area contributed by atoms with E-state index in [1.807, 2.05) is 47.4 Å². The maximum Gasteiger partial charge on any atom is 0.261 e. The molecule has 35 heavy (non-hydrogen) atoms. The van der Waals surface area contributed by atoms with Crippen molar-refractivity contribution in [2.75, 3.05) is 45.8 Å². The number of nitrogens with zero attached hydrogens (tertiary/aromatic N) is 4. The summed E-state index contributed by atoms with van der Waals surface area (Å²) in [5.41, 5.74) is 1.83. The Kier molecular flexibility index (Phi) is 7.66. The Bertz CT molecular complexity index is 1110. The van der Waals surface area contributed by atoms with E-state index in [4.69, 9.17) is 0 Å². The number of carbonyl (C=O) groups is 1. The average molecular weight is 491 g/mol. The van der Waals surface area contributed by atoms with Crippen LogP contribution in [0.3, 0.4) is 0 Å². The number of rotatable bonds is 7. The van der Waals surface area contributed by atoms with Crippen molar-refractivity contribution >= 4 is 23.7 Å². The maximum absolute atomic E-state index is 14.0. The van der Waals surface area contributed by atoms with Gasteiger partial charge in [0.2, 0.25) is 0 Å². The second-order valence-corrected chi connectivity index (χ2v) is 10.1. The number of amides is 1. The van der Waals surface area contributed by atoms with E-state index in [9.17, 15) is 9.18 Å². The van der Waals surface area contributed by atoms with E-state index in [1.54, 1.807) is 12.1 Å². The summed E-state index contributed by atoms with van der Waals surface area (Å²) < 4.78 is 14.0. The Labute approximate surface area is 211 Å². The molecule has 182 valence electrons. The molecule has 5 nitrogen and oxygen atoms in total. The molecule has 2 saturated heterocycles. The lowest BCUT2D eigenvalue weighted by Crippen LogP contribution is -2.52. The van der Waals surface area contributed by atoms with E-state index >= 15 is 0 Å². The molecule has 0 aromatic heterocycles. The van der Waals surface area contributed by atoms with Crippen LogP contribution in [0.15, 0.2) is 83.9 Å².